The maximum atomic E-state index is 12.0. The molecule has 2 aromatic heterocycles. The summed E-state index contributed by atoms with van der Waals surface area (Å²) in [7, 11) is 0. The highest BCUT2D eigenvalue weighted by Gasteiger charge is 2.32. The predicted molar refractivity (Wildman–Crippen MR) is 104 cm³/mol. The topological polar surface area (TPSA) is 58.4 Å². The lowest BCUT2D eigenvalue weighted by Crippen LogP contribution is -2.48. The number of hydrogen-bond donors (Lipinski definition) is 1. The van der Waals surface area contributed by atoms with Gasteiger partial charge in [0.1, 0.15) is 0 Å². The number of thioether (sulfide) groups is 1. The highest BCUT2D eigenvalue weighted by atomic mass is 32.2. The van der Waals surface area contributed by atoms with Crippen molar-refractivity contribution in [2.24, 2.45) is 5.92 Å². The van der Waals surface area contributed by atoms with E-state index >= 15 is 0 Å². The van der Waals surface area contributed by atoms with Gasteiger partial charge in [-0.1, -0.05) is 6.42 Å². The van der Waals surface area contributed by atoms with Gasteiger partial charge in [0.2, 0.25) is 0 Å². The maximum absolute atomic E-state index is 12.0. The average Bonchev–Trinajstić information content (AvgIpc) is 3.22. The number of rotatable bonds is 5. The number of anilines is 1. The number of pyridine rings is 1. The summed E-state index contributed by atoms with van der Waals surface area (Å²) < 4.78 is 5.10. The van der Waals surface area contributed by atoms with Gasteiger partial charge in [-0.25, -0.2) is 4.98 Å². The van der Waals surface area contributed by atoms with Crippen LogP contribution < -0.4 is 5.32 Å². The minimum Gasteiger partial charge on any atom is -0.459 e. The van der Waals surface area contributed by atoms with Gasteiger partial charge in [-0.15, -0.1) is 11.8 Å². The third-order valence-corrected chi connectivity index (χ3v) is 6.55. The molecule has 2 aliphatic heterocycles. The van der Waals surface area contributed by atoms with Gasteiger partial charge >= 0.3 is 0 Å². The largest absolute Gasteiger partial charge is 0.459 e. The van der Waals surface area contributed by atoms with Gasteiger partial charge < -0.3 is 14.6 Å². The van der Waals surface area contributed by atoms with Crippen molar-refractivity contribution in [3.63, 3.8) is 0 Å². The fraction of sp³-hybridized carbons (Fsp3) is 0.500. The molecule has 0 saturated carbocycles. The van der Waals surface area contributed by atoms with Crippen LogP contribution in [0.4, 0.5) is 5.69 Å². The number of hydrogen-bond acceptors (Lipinski definition) is 5. The molecule has 0 radical (unpaired) electrons. The lowest BCUT2D eigenvalue weighted by molar-refractivity contribution is 0.0693. The SMILES string of the molecule is O=C(Nc1ccc(SC[C@@H]2CCCN3CCCC[C@H]23)nc1)c1ccco1. The van der Waals surface area contributed by atoms with Gasteiger partial charge in [0.05, 0.1) is 23.2 Å². The Morgan fingerprint density at radius 1 is 1.23 bits per heavy atom. The quantitative estimate of drug-likeness (QED) is 0.795. The molecule has 2 fully saturated rings. The van der Waals surface area contributed by atoms with Crippen LogP contribution in [0.1, 0.15) is 42.7 Å². The van der Waals surface area contributed by atoms with E-state index in [1.807, 2.05) is 23.9 Å². The summed E-state index contributed by atoms with van der Waals surface area (Å²) >= 11 is 1.84. The minimum atomic E-state index is -0.253. The Kier molecular flexibility index (Phi) is 5.60. The van der Waals surface area contributed by atoms with E-state index in [-0.39, 0.29) is 5.91 Å². The lowest BCUT2D eigenvalue weighted by Gasteiger charge is -2.44. The average molecular weight is 372 g/mol. The number of fused-ring (bicyclic) bond motifs is 1. The van der Waals surface area contributed by atoms with E-state index in [0.29, 0.717) is 11.4 Å². The molecule has 1 amide bonds. The molecular weight excluding hydrogens is 346 g/mol. The van der Waals surface area contributed by atoms with Crippen LogP contribution >= 0.6 is 11.8 Å². The highest BCUT2D eigenvalue weighted by Crippen LogP contribution is 2.34. The van der Waals surface area contributed by atoms with Crippen LogP contribution in [0.5, 0.6) is 0 Å². The van der Waals surface area contributed by atoms with Crippen LogP contribution in [-0.4, -0.2) is 40.7 Å². The van der Waals surface area contributed by atoms with Gasteiger partial charge in [0.15, 0.2) is 5.76 Å². The predicted octanol–water partition coefficient (Wildman–Crippen LogP) is 4.28. The zero-order valence-electron chi connectivity index (χ0n) is 14.9. The number of aromatic nitrogens is 1. The second-order valence-electron chi connectivity index (χ2n) is 7.13. The molecule has 2 aliphatic rings. The molecule has 0 aliphatic carbocycles. The van der Waals surface area contributed by atoms with Crippen LogP contribution in [-0.2, 0) is 0 Å². The second kappa shape index (κ2) is 8.27. The van der Waals surface area contributed by atoms with Gasteiger partial charge in [-0.05, 0) is 69.0 Å². The van der Waals surface area contributed by atoms with Gasteiger partial charge in [-0.2, -0.15) is 0 Å². The van der Waals surface area contributed by atoms with Gasteiger partial charge in [0, 0.05) is 11.8 Å². The number of carbonyl (C=O) groups excluding carboxylic acids is 1. The summed E-state index contributed by atoms with van der Waals surface area (Å²) in [5.74, 6) is 1.95. The Balaban J connectivity index is 1.30. The monoisotopic (exact) mass is 371 g/mol. The maximum Gasteiger partial charge on any atom is 0.291 e. The number of piperidine rings is 2. The Labute approximate surface area is 158 Å². The Hall–Kier alpha value is -1.79. The molecule has 138 valence electrons. The standard InChI is InChI=1S/C20H25N3O2S/c24-20(18-7-4-12-25-18)22-16-8-9-19(21-13-16)26-14-15-5-3-11-23-10-2-1-6-17(15)23/h4,7-9,12-13,15,17H,1-3,5-6,10-11,14H2,(H,22,24)/t15-,17+/m0/s1. The molecule has 4 rings (SSSR count). The van der Waals surface area contributed by atoms with E-state index in [4.69, 9.17) is 4.42 Å². The van der Waals surface area contributed by atoms with E-state index in [1.165, 1.54) is 51.5 Å². The molecule has 0 aromatic carbocycles. The Morgan fingerprint density at radius 3 is 2.96 bits per heavy atom. The van der Waals surface area contributed by atoms with Crippen LogP contribution in [0.15, 0.2) is 46.2 Å². The zero-order valence-corrected chi connectivity index (χ0v) is 15.7. The van der Waals surface area contributed by atoms with Crippen molar-refractivity contribution in [3.8, 4) is 0 Å². The number of carbonyl (C=O) groups is 1. The molecule has 2 atom stereocenters. The number of furan rings is 1. The zero-order chi connectivity index (χ0) is 17.8. The molecule has 6 heteroatoms. The van der Waals surface area contributed by atoms with Crippen LogP contribution in [0.25, 0.3) is 0 Å². The molecule has 5 nitrogen and oxygen atoms in total. The molecule has 26 heavy (non-hydrogen) atoms. The Bertz CT molecular complexity index is 715. The fourth-order valence-electron chi connectivity index (χ4n) is 4.10. The van der Waals surface area contributed by atoms with Crippen LogP contribution in [0.3, 0.4) is 0 Å². The summed E-state index contributed by atoms with van der Waals surface area (Å²) in [5.41, 5.74) is 0.687. The molecular formula is C20H25N3O2S. The van der Waals surface area contributed by atoms with Crippen molar-refractivity contribution in [2.45, 2.75) is 43.2 Å². The molecule has 0 unspecified atom stereocenters. The highest BCUT2D eigenvalue weighted by molar-refractivity contribution is 7.99. The normalized spacial score (nSPS) is 23.4. The fourth-order valence-corrected chi connectivity index (χ4v) is 5.17. The van der Waals surface area contributed by atoms with E-state index in [9.17, 15) is 4.79 Å². The van der Waals surface area contributed by atoms with E-state index in [1.54, 1.807) is 18.3 Å². The summed E-state index contributed by atoms with van der Waals surface area (Å²) in [6.07, 6.45) is 9.98. The van der Waals surface area contributed by atoms with Crippen molar-refractivity contribution in [2.75, 3.05) is 24.2 Å². The molecule has 1 N–H and O–H groups in total. The van der Waals surface area contributed by atoms with Gasteiger partial charge in [0.25, 0.3) is 5.91 Å². The number of amides is 1. The van der Waals surface area contributed by atoms with Crippen molar-refractivity contribution >= 4 is 23.4 Å². The first kappa shape index (κ1) is 17.6. The molecule has 0 spiro atoms. The second-order valence-corrected chi connectivity index (χ2v) is 8.17. The molecule has 2 saturated heterocycles. The van der Waals surface area contributed by atoms with E-state index in [2.05, 4.69) is 15.2 Å². The first-order chi connectivity index (χ1) is 12.8. The minimum absolute atomic E-state index is 0.253. The summed E-state index contributed by atoms with van der Waals surface area (Å²) in [6.45, 7) is 2.57. The van der Waals surface area contributed by atoms with Crippen LogP contribution in [0, 0.1) is 5.92 Å². The summed E-state index contributed by atoms with van der Waals surface area (Å²) in [5, 5.41) is 3.83. The molecule has 4 heterocycles. The van der Waals surface area contributed by atoms with Gasteiger partial charge in [-0.3, -0.25) is 4.79 Å². The number of nitrogens with zero attached hydrogens (tertiary/aromatic N) is 2. The smallest absolute Gasteiger partial charge is 0.291 e. The molecule has 2 aromatic rings. The van der Waals surface area contributed by atoms with Crippen molar-refractivity contribution < 1.29 is 9.21 Å². The van der Waals surface area contributed by atoms with Crippen molar-refractivity contribution in [3.05, 3.63) is 42.5 Å². The van der Waals surface area contributed by atoms with Crippen LogP contribution in [0.2, 0.25) is 0 Å². The van der Waals surface area contributed by atoms with E-state index < -0.39 is 0 Å². The Morgan fingerprint density at radius 2 is 2.15 bits per heavy atom. The first-order valence-electron chi connectivity index (χ1n) is 9.47. The summed E-state index contributed by atoms with van der Waals surface area (Å²) in [6, 6.07) is 8.02. The van der Waals surface area contributed by atoms with E-state index in [0.717, 1.165) is 22.7 Å². The third-order valence-electron chi connectivity index (χ3n) is 5.41. The van der Waals surface area contributed by atoms with Crippen molar-refractivity contribution in [1.29, 1.82) is 0 Å². The lowest BCUT2D eigenvalue weighted by atomic mass is 9.85. The first-order valence-corrected chi connectivity index (χ1v) is 10.5. The number of nitrogens with one attached hydrogen (secondary N) is 1. The molecule has 0 bridgehead atoms. The van der Waals surface area contributed by atoms with Crippen molar-refractivity contribution in [1.82, 2.24) is 9.88 Å². The summed E-state index contributed by atoms with van der Waals surface area (Å²) in [4.78, 5) is 19.2. The third kappa shape index (κ3) is 4.13.